The van der Waals surface area contributed by atoms with Gasteiger partial charge in [-0.2, -0.15) is 5.10 Å². The molecule has 0 saturated heterocycles. The molecule has 33 heavy (non-hydrogen) atoms. The molecule has 0 radical (unpaired) electrons. The first-order valence-corrected chi connectivity index (χ1v) is 10.3. The molecule has 0 aromatic heterocycles. The molecule has 0 saturated carbocycles. The summed E-state index contributed by atoms with van der Waals surface area (Å²) in [6.07, 6.45) is 1.47. The van der Waals surface area contributed by atoms with Crippen molar-refractivity contribution >= 4 is 23.7 Å². The summed E-state index contributed by atoms with van der Waals surface area (Å²) in [7, 11) is 0. The first-order chi connectivity index (χ1) is 15.9. The Kier molecular flexibility index (Phi) is 8.02. The van der Waals surface area contributed by atoms with Gasteiger partial charge in [-0.25, -0.2) is 5.43 Å². The summed E-state index contributed by atoms with van der Waals surface area (Å²) in [6.45, 7) is 4.04. The molecule has 0 unspecified atom stereocenters. The summed E-state index contributed by atoms with van der Waals surface area (Å²) in [4.78, 5) is 24.3. The molecule has 3 aromatic carbocycles. The number of carbonyl (C=O) groups excluding carboxylic acids is 2. The minimum Gasteiger partial charge on any atom is -0.508 e. The average Bonchev–Trinajstić information content (AvgIpc) is 2.80. The van der Waals surface area contributed by atoms with E-state index >= 15 is 0 Å². The lowest BCUT2D eigenvalue weighted by Crippen LogP contribution is -2.20. The van der Waals surface area contributed by atoms with Crippen LogP contribution in [-0.4, -0.2) is 36.3 Å². The van der Waals surface area contributed by atoms with Crippen LogP contribution < -0.4 is 20.2 Å². The molecular formula is C25H25N3O5. The van der Waals surface area contributed by atoms with Crippen molar-refractivity contribution in [3.63, 3.8) is 0 Å². The first-order valence-electron chi connectivity index (χ1n) is 10.3. The normalized spacial score (nSPS) is 10.6. The number of amides is 2. The highest BCUT2D eigenvalue weighted by Crippen LogP contribution is 2.28. The van der Waals surface area contributed by atoms with Crippen LogP contribution in [0.5, 0.6) is 17.2 Å². The molecule has 8 heteroatoms. The number of benzene rings is 3. The predicted molar refractivity (Wildman–Crippen MR) is 126 cm³/mol. The van der Waals surface area contributed by atoms with Crippen molar-refractivity contribution in [1.82, 2.24) is 5.43 Å². The number of aryl methyl sites for hydroxylation is 1. The van der Waals surface area contributed by atoms with Crippen molar-refractivity contribution in [3.8, 4) is 17.2 Å². The molecule has 0 bridgehead atoms. The molecule has 170 valence electrons. The lowest BCUT2D eigenvalue weighted by atomic mass is 10.2. The fourth-order valence-corrected chi connectivity index (χ4v) is 2.81. The van der Waals surface area contributed by atoms with Crippen molar-refractivity contribution in [1.29, 1.82) is 0 Å². The van der Waals surface area contributed by atoms with Gasteiger partial charge in [0.2, 0.25) is 0 Å². The maximum absolute atomic E-state index is 12.2. The number of anilines is 1. The number of rotatable bonds is 9. The van der Waals surface area contributed by atoms with Crippen LogP contribution in [0.25, 0.3) is 0 Å². The standard InChI is InChI=1S/C25H25N3O5/c1-3-32-23-14-18(15-26-28-25(31)19-7-11-21(29)12-8-19)6-13-22(23)33-16-24(30)27-20-9-4-17(2)5-10-20/h4-15,29H,3,16H2,1-2H3,(H,27,30)(H,28,31)/b26-15-. The van der Waals surface area contributed by atoms with Crippen molar-refractivity contribution in [3.05, 3.63) is 83.4 Å². The van der Waals surface area contributed by atoms with E-state index < -0.39 is 5.91 Å². The Morgan fingerprint density at radius 2 is 1.70 bits per heavy atom. The lowest BCUT2D eigenvalue weighted by Gasteiger charge is -2.12. The zero-order valence-electron chi connectivity index (χ0n) is 18.4. The van der Waals surface area contributed by atoms with Crippen LogP contribution in [0, 0.1) is 6.92 Å². The second-order valence-electron chi connectivity index (χ2n) is 7.09. The second-order valence-corrected chi connectivity index (χ2v) is 7.09. The molecule has 0 atom stereocenters. The summed E-state index contributed by atoms with van der Waals surface area (Å²) in [5.41, 5.74) is 5.26. The molecule has 0 aliphatic carbocycles. The number of phenols is 1. The van der Waals surface area contributed by atoms with Crippen molar-refractivity contribution < 1.29 is 24.2 Å². The maximum Gasteiger partial charge on any atom is 0.271 e. The van der Waals surface area contributed by atoms with Gasteiger partial charge in [-0.05, 0) is 74.0 Å². The van der Waals surface area contributed by atoms with Gasteiger partial charge in [0.1, 0.15) is 5.75 Å². The maximum atomic E-state index is 12.2. The average molecular weight is 447 g/mol. The van der Waals surface area contributed by atoms with E-state index in [0.29, 0.717) is 34.9 Å². The van der Waals surface area contributed by atoms with Gasteiger partial charge < -0.3 is 19.9 Å². The Morgan fingerprint density at radius 1 is 0.970 bits per heavy atom. The molecular weight excluding hydrogens is 422 g/mol. The van der Waals surface area contributed by atoms with Gasteiger partial charge in [0.25, 0.3) is 11.8 Å². The number of nitrogens with one attached hydrogen (secondary N) is 2. The van der Waals surface area contributed by atoms with E-state index in [1.807, 2.05) is 38.1 Å². The predicted octanol–water partition coefficient (Wildman–Crippen LogP) is 3.88. The van der Waals surface area contributed by atoms with Crippen LogP contribution in [0.15, 0.2) is 71.8 Å². The van der Waals surface area contributed by atoms with E-state index in [-0.39, 0.29) is 18.3 Å². The number of hydrazone groups is 1. The van der Waals surface area contributed by atoms with Crippen LogP contribution >= 0.6 is 0 Å². The summed E-state index contributed by atoms with van der Waals surface area (Å²) < 4.78 is 11.3. The molecule has 0 aliphatic heterocycles. The Hall–Kier alpha value is -4.33. The van der Waals surface area contributed by atoms with E-state index in [4.69, 9.17) is 9.47 Å². The third kappa shape index (κ3) is 7.10. The Balaban J connectivity index is 1.59. The molecule has 3 aromatic rings. The molecule has 8 nitrogen and oxygen atoms in total. The smallest absolute Gasteiger partial charge is 0.271 e. The number of hydrogen-bond acceptors (Lipinski definition) is 6. The molecule has 0 heterocycles. The molecule has 2 amide bonds. The number of hydrogen-bond donors (Lipinski definition) is 3. The van der Waals surface area contributed by atoms with Crippen molar-refractivity contribution in [2.24, 2.45) is 5.10 Å². The summed E-state index contributed by atoms with van der Waals surface area (Å²) >= 11 is 0. The topological polar surface area (TPSA) is 109 Å². The minimum absolute atomic E-state index is 0.0773. The fraction of sp³-hybridized carbons (Fsp3) is 0.160. The number of phenolic OH excluding ortho intramolecular Hbond substituents is 1. The van der Waals surface area contributed by atoms with Crippen LogP contribution in [0.2, 0.25) is 0 Å². The summed E-state index contributed by atoms with van der Waals surface area (Å²) in [6, 6.07) is 18.4. The van der Waals surface area contributed by atoms with Crippen LogP contribution in [0.3, 0.4) is 0 Å². The third-order valence-electron chi connectivity index (χ3n) is 4.47. The Morgan fingerprint density at radius 3 is 2.39 bits per heavy atom. The third-order valence-corrected chi connectivity index (χ3v) is 4.47. The summed E-state index contributed by atoms with van der Waals surface area (Å²) in [5.74, 6) is 0.254. The Bertz CT molecular complexity index is 1130. The van der Waals surface area contributed by atoms with E-state index in [1.54, 1.807) is 18.2 Å². The van der Waals surface area contributed by atoms with Crippen molar-refractivity contribution in [2.45, 2.75) is 13.8 Å². The lowest BCUT2D eigenvalue weighted by molar-refractivity contribution is -0.118. The fourth-order valence-electron chi connectivity index (χ4n) is 2.81. The van der Waals surface area contributed by atoms with Gasteiger partial charge in [-0.15, -0.1) is 0 Å². The number of aromatic hydroxyl groups is 1. The van der Waals surface area contributed by atoms with Crippen LogP contribution in [0.1, 0.15) is 28.4 Å². The zero-order valence-corrected chi connectivity index (χ0v) is 18.4. The highest BCUT2D eigenvalue weighted by atomic mass is 16.5. The van der Waals surface area contributed by atoms with Gasteiger partial charge in [0.15, 0.2) is 18.1 Å². The number of carbonyl (C=O) groups is 2. The summed E-state index contributed by atoms with van der Waals surface area (Å²) in [5, 5.41) is 16.0. The minimum atomic E-state index is -0.407. The van der Waals surface area contributed by atoms with Gasteiger partial charge in [0, 0.05) is 11.3 Å². The molecule has 3 rings (SSSR count). The molecule has 0 spiro atoms. The van der Waals surface area contributed by atoms with Gasteiger partial charge >= 0.3 is 0 Å². The first kappa shape index (κ1) is 23.3. The van der Waals surface area contributed by atoms with E-state index in [9.17, 15) is 14.7 Å². The van der Waals surface area contributed by atoms with E-state index in [1.165, 1.54) is 30.5 Å². The number of ether oxygens (including phenoxy) is 2. The SMILES string of the molecule is CCOc1cc(/C=N\NC(=O)c2ccc(O)cc2)ccc1OCC(=O)Nc1ccc(C)cc1. The van der Waals surface area contributed by atoms with Crippen LogP contribution in [0.4, 0.5) is 5.69 Å². The Labute approximate surface area is 191 Å². The molecule has 0 fully saturated rings. The largest absolute Gasteiger partial charge is 0.508 e. The van der Waals surface area contributed by atoms with E-state index in [0.717, 1.165) is 5.56 Å². The zero-order chi connectivity index (χ0) is 23.6. The number of nitrogens with zero attached hydrogens (tertiary/aromatic N) is 1. The highest BCUT2D eigenvalue weighted by molar-refractivity contribution is 5.95. The monoisotopic (exact) mass is 447 g/mol. The molecule has 0 aliphatic rings. The van der Waals surface area contributed by atoms with Gasteiger partial charge in [-0.3, -0.25) is 9.59 Å². The van der Waals surface area contributed by atoms with Crippen LogP contribution in [-0.2, 0) is 4.79 Å². The van der Waals surface area contributed by atoms with Gasteiger partial charge in [0.05, 0.1) is 12.8 Å². The highest BCUT2D eigenvalue weighted by Gasteiger charge is 2.10. The van der Waals surface area contributed by atoms with E-state index in [2.05, 4.69) is 15.8 Å². The van der Waals surface area contributed by atoms with Crippen molar-refractivity contribution in [2.75, 3.05) is 18.5 Å². The quantitative estimate of drug-likeness (QED) is 0.341. The van der Waals surface area contributed by atoms with Gasteiger partial charge in [-0.1, -0.05) is 17.7 Å². The molecule has 3 N–H and O–H groups in total. The second kappa shape index (κ2) is 11.3.